The Labute approximate surface area is 159 Å². The molecule has 3 rings (SSSR count). The lowest BCUT2D eigenvalue weighted by molar-refractivity contribution is -0.120. The van der Waals surface area contributed by atoms with Crippen LogP contribution < -0.4 is 5.32 Å². The highest BCUT2D eigenvalue weighted by molar-refractivity contribution is 7.89. The van der Waals surface area contributed by atoms with Gasteiger partial charge in [-0.15, -0.1) is 11.3 Å². The average Bonchev–Trinajstić information content (AvgIpc) is 2.81. The Morgan fingerprint density at radius 1 is 1.31 bits per heavy atom. The van der Waals surface area contributed by atoms with E-state index >= 15 is 0 Å². The number of fused-ring (bicyclic) bond motifs is 1. The second kappa shape index (κ2) is 8.07. The summed E-state index contributed by atoms with van der Waals surface area (Å²) in [6, 6.07) is 2.27. The SMILES string of the molecule is CCS(=O)(=O)N1CCC[C@@H](C(=O)Nc2sc3c(c2C#N)CCCCC3)C1. The molecule has 8 heteroatoms. The fraction of sp³-hybridized carbons (Fsp3) is 0.667. The minimum Gasteiger partial charge on any atom is -0.316 e. The van der Waals surface area contributed by atoms with Gasteiger partial charge in [0.2, 0.25) is 15.9 Å². The number of carbonyl (C=O) groups excluding carboxylic acids is 1. The number of amides is 1. The summed E-state index contributed by atoms with van der Waals surface area (Å²) in [5.41, 5.74) is 1.71. The Bertz CT molecular complexity index is 823. The number of aryl methyl sites for hydroxylation is 1. The molecule has 1 aliphatic carbocycles. The van der Waals surface area contributed by atoms with Crippen LogP contribution in [-0.4, -0.2) is 37.5 Å². The van der Waals surface area contributed by atoms with E-state index in [1.165, 1.54) is 26.9 Å². The molecule has 6 nitrogen and oxygen atoms in total. The molecule has 1 N–H and O–H groups in total. The highest BCUT2D eigenvalue weighted by Crippen LogP contribution is 2.37. The van der Waals surface area contributed by atoms with Gasteiger partial charge in [-0.3, -0.25) is 4.79 Å². The molecule has 2 heterocycles. The Morgan fingerprint density at radius 2 is 2.08 bits per heavy atom. The van der Waals surface area contributed by atoms with E-state index in [0.29, 0.717) is 30.0 Å². The van der Waals surface area contributed by atoms with Crippen molar-refractivity contribution in [3.05, 3.63) is 16.0 Å². The molecule has 0 unspecified atom stereocenters. The van der Waals surface area contributed by atoms with Crippen molar-refractivity contribution in [2.75, 3.05) is 24.2 Å². The fourth-order valence-corrected chi connectivity index (χ4v) is 6.18. The van der Waals surface area contributed by atoms with Crippen molar-refractivity contribution in [2.24, 2.45) is 5.92 Å². The standard InChI is InChI=1S/C18H25N3O3S2/c1-2-26(23,24)21-10-6-7-13(12-21)17(22)20-18-15(11-19)14-8-4-3-5-9-16(14)25-18/h13H,2-10,12H2,1H3,(H,20,22)/t13-/m1/s1. The fourth-order valence-electron chi connectivity index (χ4n) is 3.75. The van der Waals surface area contributed by atoms with Crippen molar-refractivity contribution >= 4 is 32.3 Å². The third-order valence-electron chi connectivity index (χ3n) is 5.28. The van der Waals surface area contributed by atoms with Crippen LogP contribution in [0.4, 0.5) is 5.00 Å². The normalized spacial score (nSPS) is 21.5. The van der Waals surface area contributed by atoms with Gasteiger partial charge < -0.3 is 5.32 Å². The Morgan fingerprint density at radius 3 is 2.81 bits per heavy atom. The van der Waals surface area contributed by atoms with E-state index < -0.39 is 10.0 Å². The summed E-state index contributed by atoms with van der Waals surface area (Å²) >= 11 is 1.52. The third-order valence-corrected chi connectivity index (χ3v) is 8.34. The number of piperidine rings is 1. The van der Waals surface area contributed by atoms with Crippen LogP contribution in [0.25, 0.3) is 0 Å². The molecule has 0 aromatic carbocycles. The van der Waals surface area contributed by atoms with Gasteiger partial charge in [-0.25, -0.2) is 12.7 Å². The van der Waals surface area contributed by atoms with Crippen LogP contribution in [-0.2, 0) is 27.7 Å². The predicted molar refractivity (Wildman–Crippen MR) is 103 cm³/mol. The molecule has 1 saturated heterocycles. The summed E-state index contributed by atoms with van der Waals surface area (Å²) < 4.78 is 25.6. The topological polar surface area (TPSA) is 90.3 Å². The summed E-state index contributed by atoms with van der Waals surface area (Å²) in [7, 11) is -3.28. The van der Waals surface area contributed by atoms with E-state index in [1.807, 2.05) is 0 Å². The second-order valence-corrected chi connectivity index (χ2v) is 10.3. The minimum atomic E-state index is -3.28. The van der Waals surface area contributed by atoms with Gasteiger partial charge in [-0.2, -0.15) is 5.26 Å². The lowest BCUT2D eigenvalue weighted by atomic mass is 9.98. The van der Waals surface area contributed by atoms with Gasteiger partial charge >= 0.3 is 0 Å². The monoisotopic (exact) mass is 395 g/mol. The zero-order valence-electron chi connectivity index (χ0n) is 15.1. The average molecular weight is 396 g/mol. The molecule has 1 atom stereocenters. The summed E-state index contributed by atoms with van der Waals surface area (Å²) in [6.45, 7) is 2.34. The number of nitrogens with zero attached hydrogens (tertiary/aromatic N) is 2. The summed E-state index contributed by atoms with van der Waals surface area (Å²) in [6.07, 6.45) is 6.61. The molecule has 0 saturated carbocycles. The van der Waals surface area contributed by atoms with Crippen molar-refractivity contribution < 1.29 is 13.2 Å². The number of rotatable bonds is 4. The van der Waals surface area contributed by atoms with Crippen LogP contribution in [0.5, 0.6) is 0 Å². The Balaban J connectivity index is 1.75. The smallest absolute Gasteiger partial charge is 0.229 e. The molecule has 142 valence electrons. The molecule has 0 bridgehead atoms. The van der Waals surface area contributed by atoms with Crippen LogP contribution in [0, 0.1) is 17.2 Å². The van der Waals surface area contributed by atoms with Gasteiger partial charge in [0, 0.05) is 18.0 Å². The van der Waals surface area contributed by atoms with Crippen LogP contribution in [0.3, 0.4) is 0 Å². The number of thiophene rings is 1. The maximum Gasteiger partial charge on any atom is 0.229 e. The van der Waals surface area contributed by atoms with Gasteiger partial charge in [0.1, 0.15) is 11.1 Å². The van der Waals surface area contributed by atoms with E-state index in [2.05, 4.69) is 11.4 Å². The van der Waals surface area contributed by atoms with Crippen LogP contribution in [0.15, 0.2) is 0 Å². The largest absolute Gasteiger partial charge is 0.316 e. The van der Waals surface area contributed by atoms with E-state index in [4.69, 9.17) is 0 Å². The third kappa shape index (κ3) is 3.95. The Kier molecular flexibility index (Phi) is 6.00. The first kappa shape index (κ1) is 19.3. The maximum absolute atomic E-state index is 12.7. The van der Waals surface area contributed by atoms with E-state index in [1.54, 1.807) is 6.92 Å². The van der Waals surface area contributed by atoms with Crippen molar-refractivity contribution in [3.8, 4) is 6.07 Å². The molecule has 26 heavy (non-hydrogen) atoms. The highest BCUT2D eigenvalue weighted by Gasteiger charge is 2.32. The molecule has 1 aromatic rings. The Hall–Kier alpha value is -1.43. The molecule has 2 aliphatic rings. The number of nitriles is 1. The summed E-state index contributed by atoms with van der Waals surface area (Å²) in [5, 5.41) is 13.2. The number of hydrogen-bond acceptors (Lipinski definition) is 5. The van der Waals surface area contributed by atoms with E-state index in [-0.39, 0.29) is 24.1 Å². The lowest BCUT2D eigenvalue weighted by Crippen LogP contribution is -2.44. The van der Waals surface area contributed by atoms with Gasteiger partial charge in [0.25, 0.3) is 0 Å². The number of hydrogen-bond donors (Lipinski definition) is 1. The highest BCUT2D eigenvalue weighted by atomic mass is 32.2. The predicted octanol–water partition coefficient (Wildman–Crippen LogP) is 2.89. The van der Waals surface area contributed by atoms with Crippen LogP contribution in [0.1, 0.15) is 55.0 Å². The lowest BCUT2D eigenvalue weighted by Gasteiger charge is -2.30. The second-order valence-electron chi connectivity index (χ2n) is 6.97. The quantitative estimate of drug-likeness (QED) is 0.794. The molecular weight excluding hydrogens is 370 g/mol. The molecule has 0 radical (unpaired) electrons. The summed E-state index contributed by atoms with van der Waals surface area (Å²) in [5.74, 6) is -0.482. The molecule has 1 aliphatic heterocycles. The minimum absolute atomic E-state index is 0.0531. The maximum atomic E-state index is 12.7. The van der Waals surface area contributed by atoms with Crippen LogP contribution in [0.2, 0.25) is 0 Å². The van der Waals surface area contributed by atoms with Crippen molar-refractivity contribution in [3.63, 3.8) is 0 Å². The van der Waals surface area contributed by atoms with Crippen LogP contribution >= 0.6 is 11.3 Å². The van der Waals surface area contributed by atoms with E-state index in [0.717, 1.165) is 31.2 Å². The summed E-state index contributed by atoms with van der Waals surface area (Å²) in [4.78, 5) is 14.0. The number of nitrogens with one attached hydrogen (secondary N) is 1. The van der Waals surface area contributed by atoms with E-state index in [9.17, 15) is 18.5 Å². The molecule has 0 spiro atoms. The first-order valence-electron chi connectivity index (χ1n) is 9.29. The molecule has 1 amide bonds. The van der Waals surface area contributed by atoms with Crippen molar-refractivity contribution in [1.29, 1.82) is 5.26 Å². The number of anilines is 1. The zero-order valence-corrected chi connectivity index (χ0v) is 16.7. The van der Waals surface area contributed by atoms with Gasteiger partial charge in [-0.05, 0) is 51.0 Å². The zero-order chi connectivity index (χ0) is 18.7. The molecule has 1 aromatic heterocycles. The van der Waals surface area contributed by atoms with Gasteiger partial charge in [-0.1, -0.05) is 6.42 Å². The van der Waals surface area contributed by atoms with Gasteiger partial charge in [0.15, 0.2) is 0 Å². The van der Waals surface area contributed by atoms with Crippen molar-refractivity contribution in [2.45, 2.75) is 51.9 Å². The van der Waals surface area contributed by atoms with Crippen molar-refractivity contribution in [1.82, 2.24) is 4.31 Å². The first-order chi connectivity index (χ1) is 12.5. The number of carbonyl (C=O) groups is 1. The molecule has 1 fully saturated rings. The van der Waals surface area contributed by atoms with Gasteiger partial charge in [0.05, 0.1) is 17.2 Å². The number of sulfonamides is 1. The molecular formula is C18H25N3O3S2. The first-order valence-corrected chi connectivity index (χ1v) is 11.7.